The van der Waals surface area contributed by atoms with E-state index in [-0.39, 0.29) is 30.4 Å². The molecular formula is C21H28F3N3O3S. The van der Waals surface area contributed by atoms with Gasteiger partial charge in [-0.05, 0) is 57.7 Å². The van der Waals surface area contributed by atoms with Crippen LogP contribution >= 0.6 is 0 Å². The fourth-order valence-electron chi connectivity index (χ4n) is 3.96. The molecule has 0 amide bonds. The highest BCUT2D eigenvalue weighted by molar-refractivity contribution is 7.89. The molecule has 1 aromatic carbocycles. The maximum Gasteiger partial charge on any atom is 0.391 e. The van der Waals surface area contributed by atoms with Gasteiger partial charge in [0.05, 0.1) is 17.4 Å². The number of ether oxygens (including phenoxy) is 1. The summed E-state index contributed by atoms with van der Waals surface area (Å²) in [5.41, 5.74) is 0.667. The van der Waals surface area contributed by atoms with Gasteiger partial charge in [-0.15, -0.1) is 0 Å². The number of hydrogen-bond acceptors (Lipinski definition) is 5. The zero-order valence-corrected chi connectivity index (χ0v) is 18.4. The minimum atomic E-state index is -4.15. The highest BCUT2D eigenvalue weighted by atomic mass is 32.2. The van der Waals surface area contributed by atoms with E-state index < -0.39 is 28.2 Å². The maximum absolute atomic E-state index is 12.9. The van der Waals surface area contributed by atoms with E-state index in [4.69, 9.17) is 4.74 Å². The summed E-state index contributed by atoms with van der Waals surface area (Å²) in [4.78, 5) is 4.24. The molecule has 1 unspecified atom stereocenters. The van der Waals surface area contributed by atoms with Crippen LogP contribution in [0.5, 0.6) is 0 Å². The van der Waals surface area contributed by atoms with Crippen LogP contribution < -0.4 is 10.0 Å². The van der Waals surface area contributed by atoms with E-state index in [1.807, 2.05) is 6.92 Å². The number of pyridine rings is 1. The van der Waals surface area contributed by atoms with Crippen molar-refractivity contribution >= 4 is 26.5 Å². The van der Waals surface area contributed by atoms with Crippen LogP contribution in [0.3, 0.4) is 0 Å². The van der Waals surface area contributed by atoms with Crippen molar-refractivity contribution in [1.29, 1.82) is 0 Å². The average Bonchev–Trinajstić information content (AvgIpc) is 2.71. The second kappa shape index (κ2) is 9.70. The van der Waals surface area contributed by atoms with Gasteiger partial charge in [0.1, 0.15) is 0 Å². The van der Waals surface area contributed by atoms with E-state index in [0.29, 0.717) is 35.9 Å². The summed E-state index contributed by atoms with van der Waals surface area (Å²) in [6.07, 6.45) is -0.0727. The van der Waals surface area contributed by atoms with Crippen LogP contribution in [-0.4, -0.2) is 44.9 Å². The molecule has 31 heavy (non-hydrogen) atoms. The van der Waals surface area contributed by atoms with Crippen molar-refractivity contribution in [2.75, 3.05) is 18.5 Å². The second-order valence-corrected chi connectivity index (χ2v) is 9.63. The number of benzene rings is 1. The molecule has 1 aliphatic carbocycles. The predicted octanol–water partition coefficient (Wildman–Crippen LogP) is 4.47. The van der Waals surface area contributed by atoms with Crippen molar-refractivity contribution in [2.45, 2.75) is 62.7 Å². The Bertz CT molecular complexity index is 990. The van der Waals surface area contributed by atoms with Gasteiger partial charge < -0.3 is 10.1 Å². The lowest BCUT2D eigenvalue weighted by Gasteiger charge is -2.31. The van der Waals surface area contributed by atoms with Crippen molar-refractivity contribution < 1.29 is 26.3 Å². The Morgan fingerprint density at radius 2 is 1.87 bits per heavy atom. The molecule has 3 rings (SSSR count). The zero-order valence-electron chi connectivity index (χ0n) is 17.6. The molecule has 1 heterocycles. The molecule has 0 bridgehead atoms. The minimum Gasteiger partial charge on any atom is -0.382 e. The third-order valence-electron chi connectivity index (χ3n) is 5.55. The number of aromatic nitrogens is 1. The van der Waals surface area contributed by atoms with E-state index in [9.17, 15) is 21.6 Å². The summed E-state index contributed by atoms with van der Waals surface area (Å²) < 4.78 is 72.5. The molecule has 172 valence electrons. The van der Waals surface area contributed by atoms with Gasteiger partial charge in [-0.1, -0.05) is 0 Å². The van der Waals surface area contributed by atoms with Gasteiger partial charge in [0, 0.05) is 47.5 Å². The van der Waals surface area contributed by atoms with Crippen LogP contribution in [0.15, 0.2) is 35.5 Å². The fraction of sp³-hybridized carbons (Fsp3) is 0.571. The van der Waals surface area contributed by atoms with Gasteiger partial charge >= 0.3 is 6.18 Å². The Labute approximate surface area is 180 Å². The lowest BCUT2D eigenvalue weighted by molar-refractivity contribution is -0.182. The monoisotopic (exact) mass is 459 g/mol. The average molecular weight is 460 g/mol. The Morgan fingerprint density at radius 3 is 2.52 bits per heavy atom. The molecule has 0 aliphatic heterocycles. The van der Waals surface area contributed by atoms with Crippen LogP contribution in [-0.2, 0) is 14.8 Å². The summed E-state index contributed by atoms with van der Waals surface area (Å²) >= 11 is 0. The normalized spacial score (nSPS) is 21.2. The largest absolute Gasteiger partial charge is 0.391 e. The molecule has 6 nitrogen and oxygen atoms in total. The van der Waals surface area contributed by atoms with Crippen LogP contribution in [0, 0.1) is 5.92 Å². The van der Waals surface area contributed by atoms with Gasteiger partial charge in [0.25, 0.3) is 0 Å². The number of anilines is 1. The van der Waals surface area contributed by atoms with Crippen LogP contribution in [0.25, 0.3) is 10.8 Å². The van der Waals surface area contributed by atoms with E-state index in [0.717, 1.165) is 0 Å². The first-order valence-electron chi connectivity index (χ1n) is 10.4. The summed E-state index contributed by atoms with van der Waals surface area (Å²) in [6, 6.07) is 4.30. The molecule has 10 heteroatoms. The molecule has 1 aromatic heterocycles. The number of nitrogens with one attached hydrogen (secondary N) is 2. The van der Waals surface area contributed by atoms with Gasteiger partial charge in [0.15, 0.2) is 0 Å². The fourth-order valence-corrected chi connectivity index (χ4v) is 5.40. The molecule has 0 spiro atoms. The molecule has 1 fully saturated rings. The third-order valence-corrected chi connectivity index (χ3v) is 7.19. The van der Waals surface area contributed by atoms with E-state index >= 15 is 0 Å². The Kier molecular flexibility index (Phi) is 7.43. The predicted molar refractivity (Wildman–Crippen MR) is 113 cm³/mol. The number of alkyl halides is 3. The molecule has 2 N–H and O–H groups in total. The molecule has 1 saturated carbocycles. The summed E-state index contributed by atoms with van der Waals surface area (Å²) in [6.45, 7) is 4.31. The zero-order chi connectivity index (χ0) is 22.6. The molecule has 2 aromatic rings. The quantitative estimate of drug-likeness (QED) is 0.609. The van der Waals surface area contributed by atoms with Gasteiger partial charge in [0.2, 0.25) is 10.0 Å². The number of fused-ring (bicyclic) bond motifs is 1. The third kappa shape index (κ3) is 5.87. The first-order valence-corrected chi connectivity index (χ1v) is 11.9. The summed E-state index contributed by atoms with van der Waals surface area (Å²) in [7, 11) is -3.80. The molecule has 0 saturated heterocycles. The van der Waals surface area contributed by atoms with Crippen molar-refractivity contribution in [2.24, 2.45) is 5.92 Å². The first kappa shape index (κ1) is 23.7. The van der Waals surface area contributed by atoms with Crippen LogP contribution in [0.2, 0.25) is 0 Å². The number of halogens is 3. The number of hydrogen-bond donors (Lipinski definition) is 2. The van der Waals surface area contributed by atoms with E-state index in [1.54, 1.807) is 25.3 Å². The van der Waals surface area contributed by atoms with Gasteiger partial charge in [-0.25, -0.2) is 13.1 Å². The van der Waals surface area contributed by atoms with Crippen molar-refractivity contribution in [3.63, 3.8) is 0 Å². The highest BCUT2D eigenvalue weighted by Crippen LogP contribution is 2.39. The van der Waals surface area contributed by atoms with Crippen molar-refractivity contribution in [1.82, 2.24) is 9.71 Å². The Hall–Kier alpha value is -1.91. The summed E-state index contributed by atoms with van der Waals surface area (Å²) in [5.74, 6) is -1.25. The topological polar surface area (TPSA) is 80.3 Å². The van der Waals surface area contributed by atoms with Gasteiger partial charge in [-0.2, -0.15) is 13.2 Å². The maximum atomic E-state index is 12.9. The molecule has 1 aliphatic rings. The molecule has 1 atom stereocenters. The second-order valence-electron chi connectivity index (χ2n) is 7.95. The molecule has 0 radical (unpaired) electrons. The number of sulfonamides is 1. The Morgan fingerprint density at radius 1 is 1.16 bits per heavy atom. The lowest BCUT2D eigenvalue weighted by Crippen LogP contribution is -2.36. The standard InChI is InChI=1S/C21H28F3N3O3S/c1-3-30-13-14(2)27-31(28,29)20-9-8-19(18-12-25-11-10-17(18)20)26-16-6-4-15(5-7-16)21(22,23)24/h8-12,14-16,26-27H,3-7,13H2,1-2H3. The SMILES string of the molecule is CCOCC(C)NS(=O)(=O)c1ccc(NC2CCC(C(F)(F)F)CC2)c2cnccc12. The van der Waals surface area contributed by atoms with Crippen molar-refractivity contribution in [3.8, 4) is 0 Å². The Balaban J connectivity index is 1.80. The van der Waals surface area contributed by atoms with Gasteiger partial charge in [-0.3, -0.25) is 4.98 Å². The lowest BCUT2D eigenvalue weighted by atomic mass is 9.85. The van der Waals surface area contributed by atoms with E-state index in [1.165, 1.54) is 12.3 Å². The van der Waals surface area contributed by atoms with E-state index in [2.05, 4.69) is 15.0 Å². The smallest absolute Gasteiger partial charge is 0.382 e. The summed E-state index contributed by atoms with van der Waals surface area (Å²) in [5, 5.41) is 4.41. The minimum absolute atomic E-state index is 0.0887. The van der Waals surface area contributed by atoms with Crippen LogP contribution in [0.1, 0.15) is 39.5 Å². The van der Waals surface area contributed by atoms with Crippen molar-refractivity contribution in [3.05, 3.63) is 30.6 Å². The number of rotatable bonds is 8. The highest BCUT2D eigenvalue weighted by Gasteiger charge is 2.41. The number of nitrogens with zero attached hydrogens (tertiary/aromatic N) is 1. The van der Waals surface area contributed by atoms with Crippen LogP contribution in [0.4, 0.5) is 18.9 Å². The first-order chi connectivity index (χ1) is 14.6. The molecular weight excluding hydrogens is 431 g/mol.